The number of pyridine rings is 1. The van der Waals surface area contributed by atoms with Crippen LogP contribution in [0.1, 0.15) is 58.5 Å². The second-order valence-corrected chi connectivity index (χ2v) is 5.35. The van der Waals surface area contributed by atoms with Crippen LogP contribution in [0, 0.1) is 6.92 Å². The van der Waals surface area contributed by atoms with Gasteiger partial charge in [0.2, 0.25) is 0 Å². The summed E-state index contributed by atoms with van der Waals surface area (Å²) in [6.45, 7) is 14.2. The monoisotopic (exact) mass is 352 g/mol. The van der Waals surface area contributed by atoms with E-state index in [1.165, 1.54) is 10.9 Å². The lowest BCUT2D eigenvalue weighted by atomic mass is 10.0. The summed E-state index contributed by atoms with van der Waals surface area (Å²) < 4.78 is 0. The van der Waals surface area contributed by atoms with Gasteiger partial charge in [-0.15, -0.1) is 0 Å². The predicted molar refractivity (Wildman–Crippen MR) is 113 cm³/mol. The molecule has 0 spiro atoms. The van der Waals surface area contributed by atoms with Crippen LogP contribution in [0.5, 0.6) is 0 Å². The lowest BCUT2D eigenvalue weighted by molar-refractivity contribution is 1.03. The molecule has 0 aliphatic rings. The average Bonchev–Trinajstić information content (AvgIpc) is 2.70. The molecule has 2 aromatic heterocycles. The van der Waals surface area contributed by atoms with Crippen LogP contribution >= 0.6 is 0 Å². The number of aryl methyl sites for hydroxylation is 3. The molecule has 26 heavy (non-hydrogen) atoms. The van der Waals surface area contributed by atoms with Crippen molar-refractivity contribution in [1.29, 1.82) is 0 Å². The van der Waals surface area contributed by atoms with E-state index in [-0.39, 0.29) is 0 Å². The summed E-state index contributed by atoms with van der Waals surface area (Å²) in [6, 6.07) is 8.44. The van der Waals surface area contributed by atoms with E-state index >= 15 is 0 Å². The molecule has 0 amide bonds. The Morgan fingerprint density at radius 3 is 2.27 bits per heavy atom. The molecule has 3 rings (SSSR count). The Morgan fingerprint density at radius 1 is 0.923 bits per heavy atom. The van der Waals surface area contributed by atoms with Crippen LogP contribution in [0.4, 0.5) is 11.5 Å². The number of hydrogen-bond donors (Lipinski definition) is 1. The first kappa shape index (κ1) is 21.6. The highest BCUT2D eigenvalue weighted by atomic mass is 15.0. The zero-order chi connectivity index (χ0) is 19.5. The number of anilines is 2. The van der Waals surface area contributed by atoms with Gasteiger partial charge in [-0.1, -0.05) is 53.7 Å². The average molecular weight is 353 g/mol. The van der Waals surface area contributed by atoms with Crippen LogP contribution in [0.2, 0.25) is 0 Å². The Bertz CT molecular complexity index is 812. The number of rotatable bonds is 4. The summed E-state index contributed by atoms with van der Waals surface area (Å²) in [7, 11) is 0. The SMILES string of the molecule is CC.CC.CCc1cc(CC)c2cccc(Nc3cncc(C)n3)c2n1. The third-order valence-corrected chi connectivity index (χ3v) is 3.74. The van der Waals surface area contributed by atoms with Crippen molar-refractivity contribution in [2.45, 2.75) is 61.3 Å². The molecule has 0 atom stereocenters. The molecule has 1 aromatic carbocycles. The number of benzene rings is 1. The molecule has 4 nitrogen and oxygen atoms in total. The molecular weight excluding hydrogens is 320 g/mol. The minimum atomic E-state index is 0.745. The van der Waals surface area contributed by atoms with Crippen molar-refractivity contribution in [3.63, 3.8) is 0 Å². The van der Waals surface area contributed by atoms with Gasteiger partial charge in [0.25, 0.3) is 0 Å². The van der Waals surface area contributed by atoms with E-state index in [0.717, 1.165) is 41.3 Å². The summed E-state index contributed by atoms with van der Waals surface area (Å²) in [5.74, 6) is 0.745. The van der Waals surface area contributed by atoms with Crippen LogP contribution in [0.25, 0.3) is 10.9 Å². The highest BCUT2D eigenvalue weighted by molar-refractivity contribution is 5.94. The Hall–Kier alpha value is -2.49. The standard InChI is InChI=1S/C18H20N4.2C2H6/c1-4-13-9-14(5-2)21-18-15(13)7-6-8-16(18)22-17-11-19-10-12(3)20-17;2*1-2/h6-11H,4-5H2,1-3H3,(H,20,22);2*1-2H3. The molecule has 1 N–H and O–H groups in total. The Balaban J connectivity index is 0.000000791. The van der Waals surface area contributed by atoms with E-state index in [1.54, 1.807) is 12.4 Å². The molecular formula is C22H32N4. The van der Waals surface area contributed by atoms with Crippen LogP contribution in [0.3, 0.4) is 0 Å². The van der Waals surface area contributed by atoms with Gasteiger partial charge in [-0.2, -0.15) is 0 Å². The maximum Gasteiger partial charge on any atom is 0.149 e. The van der Waals surface area contributed by atoms with Gasteiger partial charge < -0.3 is 5.32 Å². The molecule has 4 heteroatoms. The fraction of sp³-hybridized carbons (Fsp3) is 0.409. The van der Waals surface area contributed by atoms with E-state index in [0.29, 0.717) is 0 Å². The van der Waals surface area contributed by atoms with Gasteiger partial charge in [-0.05, 0) is 37.5 Å². The van der Waals surface area contributed by atoms with Gasteiger partial charge in [0.15, 0.2) is 0 Å². The van der Waals surface area contributed by atoms with E-state index in [2.05, 4.69) is 47.3 Å². The maximum absolute atomic E-state index is 4.81. The normalized spacial score (nSPS) is 9.65. The molecule has 140 valence electrons. The summed E-state index contributed by atoms with van der Waals surface area (Å²) >= 11 is 0. The van der Waals surface area contributed by atoms with Crippen molar-refractivity contribution in [2.75, 3.05) is 5.32 Å². The third kappa shape index (κ3) is 5.25. The zero-order valence-corrected chi connectivity index (χ0v) is 17.2. The number of aromatic nitrogens is 3. The fourth-order valence-electron chi connectivity index (χ4n) is 2.61. The summed E-state index contributed by atoms with van der Waals surface area (Å²) in [5, 5.41) is 4.55. The second-order valence-electron chi connectivity index (χ2n) is 5.35. The molecule has 0 aliphatic carbocycles. The van der Waals surface area contributed by atoms with E-state index in [9.17, 15) is 0 Å². The van der Waals surface area contributed by atoms with E-state index in [4.69, 9.17) is 4.98 Å². The van der Waals surface area contributed by atoms with E-state index < -0.39 is 0 Å². The molecule has 0 saturated carbocycles. The first-order valence-electron chi connectivity index (χ1n) is 9.68. The van der Waals surface area contributed by atoms with Crippen molar-refractivity contribution in [3.8, 4) is 0 Å². The maximum atomic E-state index is 4.81. The summed E-state index contributed by atoms with van der Waals surface area (Å²) in [6.07, 6.45) is 5.41. The zero-order valence-electron chi connectivity index (χ0n) is 17.2. The fourth-order valence-corrected chi connectivity index (χ4v) is 2.61. The molecule has 0 saturated heterocycles. The van der Waals surface area contributed by atoms with E-state index in [1.807, 2.05) is 40.7 Å². The van der Waals surface area contributed by atoms with Gasteiger partial charge in [0, 0.05) is 17.3 Å². The van der Waals surface area contributed by atoms with Crippen LogP contribution in [0.15, 0.2) is 36.7 Å². The molecule has 0 bridgehead atoms. The number of para-hydroxylation sites is 1. The smallest absolute Gasteiger partial charge is 0.149 e. The lowest BCUT2D eigenvalue weighted by Gasteiger charge is -2.12. The number of nitrogens with zero attached hydrogens (tertiary/aromatic N) is 3. The quantitative estimate of drug-likeness (QED) is 0.602. The number of hydrogen-bond acceptors (Lipinski definition) is 4. The Kier molecular flexibility index (Phi) is 9.27. The van der Waals surface area contributed by atoms with Gasteiger partial charge in [0.05, 0.1) is 23.1 Å². The summed E-state index contributed by atoms with van der Waals surface area (Å²) in [4.78, 5) is 13.5. The lowest BCUT2D eigenvalue weighted by Crippen LogP contribution is -2.00. The molecule has 0 unspecified atom stereocenters. The third-order valence-electron chi connectivity index (χ3n) is 3.74. The Morgan fingerprint density at radius 2 is 1.65 bits per heavy atom. The highest BCUT2D eigenvalue weighted by Gasteiger charge is 2.09. The van der Waals surface area contributed by atoms with Crippen LogP contribution < -0.4 is 5.32 Å². The molecule has 0 radical (unpaired) electrons. The van der Waals surface area contributed by atoms with Gasteiger partial charge in [0.1, 0.15) is 5.82 Å². The molecule has 3 aromatic rings. The first-order chi connectivity index (χ1) is 12.7. The summed E-state index contributed by atoms with van der Waals surface area (Å²) in [5.41, 5.74) is 5.32. The predicted octanol–water partition coefficient (Wildman–Crippen LogP) is 6.25. The minimum absolute atomic E-state index is 0.745. The van der Waals surface area contributed by atoms with Crippen molar-refractivity contribution < 1.29 is 0 Å². The van der Waals surface area contributed by atoms with Gasteiger partial charge in [-0.3, -0.25) is 9.97 Å². The van der Waals surface area contributed by atoms with Crippen molar-refractivity contribution >= 4 is 22.4 Å². The largest absolute Gasteiger partial charge is 0.337 e. The first-order valence-corrected chi connectivity index (χ1v) is 9.68. The topological polar surface area (TPSA) is 50.7 Å². The minimum Gasteiger partial charge on any atom is -0.337 e. The second kappa shape index (κ2) is 11.2. The van der Waals surface area contributed by atoms with Gasteiger partial charge in [-0.25, -0.2) is 4.98 Å². The molecule has 0 aliphatic heterocycles. The van der Waals surface area contributed by atoms with Crippen molar-refractivity contribution in [2.24, 2.45) is 0 Å². The van der Waals surface area contributed by atoms with Crippen molar-refractivity contribution in [1.82, 2.24) is 15.0 Å². The molecule has 0 fully saturated rings. The number of fused-ring (bicyclic) bond motifs is 1. The van der Waals surface area contributed by atoms with Crippen LogP contribution in [-0.4, -0.2) is 15.0 Å². The van der Waals surface area contributed by atoms with Crippen LogP contribution in [-0.2, 0) is 12.8 Å². The van der Waals surface area contributed by atoms with Gasteiger partial charge >= 0.3 is 0 Å². The molecule has 2 heterocycles. The van der Waals surface area contributed by atoms with Crippen molar-refractivity contribution in [3.05, 3.63) is 53.6 Å². The Labute approximate surface area is 158 Å². The number of nitrogens with one attached hydrogen (secondary N) is 1. The highest BCUT2D eigenvalue weighted by Crippen LogP contribution is 2.27.